The molecule has 0 saturated carbocycles. The molecule has 9 nitrogen and oxygen atoms in total. The Balaban J connectivity index is 1.56. The average molecular weight is 496 g/mol. The van der Waals surface area contributed by atoms with Gasteiger partial charge < -0.3 is 10.2 Å². The highest BCUT2D eigenvalue weighted by Crippen LogP contribution is 2.21. The van der Waals surface area contributed by atoms with Gasteiger partial charge >= 0.3 is 0 Å². The number of carbonyl (C=O) groups excluding carboxylic acids is 1. The minimum Gasteiger partial charge on any atom is -0.325 e. The van der Waals surface area contributed by atoms with Gasteiger partial charge in [-0.1, -0.05) is 12.1 Å². The van der Waals surface area contributed by atoms with E-state index in [1.807, 2.05) is 19.1 Å². The Labute approximate surface area is 196 Å². The number of nitrogens with one attached hydrogen (secondary N) is 2. The third kappa shape index (κ3) is 5.79. The molecule has 0 aliphatic carbocycles. The third-order valence-corrected chi connectivity index (χ3v) is 9.59. The smallest absolute Gasteiger partial charge is 0.279 e. The fraction of sp³-hybridized carbons (Fsp3) is 0.409. The van der Waals surface area contributed by atoms with E-state index in [1.54, 1.807) is 25.1 Å². The molecule has 0 spiro atoms. The van der Waals surface area contributed by atoms with Crippen molar-refractivity contribution >= 4 is 31.6 Å². The molecule has 3 rings (SSSR count). The van der Waals surface area contributed by atoms with Crippen LogP contribution in [0.15, 0.2) is 52.3 Å². The Bertz CT molecular complexity index is 1220. The first kappa shape index (κ1) is 25.3. The molecular formula is C22H31N4O5S2+. The molecule has 33 heavy (non-hydrogen) atoms. The van der Waals surface area contributed by atoms with Crippen LogP contribution in [-0.2, 0) is 24.8 Å². The number of hydrogen-bond acceptors (Lipinski definition) is 5. The van der Waals surface area contributed by atoms with E-state index in [4.69, 9.17) is 0 Å². The van der Waals surface area contributed by atoms with Crippen LogP contribution in [0.5, 0.6) is 0 Å². The van der Waals surface area contributed by atoms with Gasteiger partial charge in [0.25, 0.3) is 5.91 Å². The number of nitrogens with zero attached hydrogens (tertiary/aromatic N) is 2. The zero-order valence-electron chi connectivity index (χ0n) is 19.3. The number of aryl methyl sites for hydroxylation is 2. The second-order valence-corrected chi connectivity index (χ2v) is 12.5. The standard InChI is InChI=1S/C22H30N4O5S2/c1-17-5-6-18(2)21(15-17)33(30,31)26-13-11-25(12-14-26)16-22(27)23-19-7-9-20(10-8-19)32(28,29)24(3)4/h5-10,15H,11-14,16H2,1-4H3,(H,23,27)/p+1. The number of amides is 1. The zero-order chi connectivity index (χ0) is 24.4. The van der Waals surface area contributed by atoms with E-state index < -0.39 is 20.0 Å². The molecule has 2 N–H and O–H groups in total. The van der Waals surface area contributed by atoms with Crippen LogP contribution in [-0.4, -0.2) is 78.2 Å². The summed E-state index contributed by atoms with van der Waals surface area (Å²) in [6, 6.07) is 11.4. The SMILES string of the molecule is Cc1ccc(C)c(S(=O)(=O)N2CC[NH+](CC(=O)Nc3ccc(S(=O)(=O)N(C)C)cc3)CC2)c1. The van der Waals surface area contributed by atoms with Crippen molar-refractivity contribution in [2.75, 3.05) is 52.1 Å². The zero-order valence-corrected chi connectivity index (χ0v) is 21.0. The Hall–Kier alpha value is -2.31. The topological polar surface area (TPSA) is 108 Å². The minimum absolute atomic E-state index is 0.150. The minimum atomic E-state index is -3.57. The summed E-state index contributed by atoms with van der Waals surface area (Å²) in [5.74, 6) is -0.209. The summed E-state index contributed by atoms with van der Waals surface area (Å²) in [7, 11) is -4.18. The van der Waals surface area contributed by atoms with Crippen LogP contribution in [0.1, 0.15) is 11.1 Å². The number of rotatable bonds is 7. The van der Waals surface area contributed by atoms with E-state index in [9.17, 15) is 21.6 Å². The molecule has 180 valence electrons. The summed E-state index contributed by atoms with van der Waals surface area (Å²) in [4.78, 5) is 13.9. The molecule has 1 aliphatic heterocycles. The van der Waals surface area contributed by atoms with E-state index in [0.29, 0.717) is 36.8 Å². The lowest BCUT2D eigenvalue weighted by molar-refractivity contribution is -0.895. The fourth-order valence-electron chi connectivity index (χ4n) is 3.70. The normalized spacial score (nSPS) is 16.2. The lowest BCUT2D eigenvalue weighted by atomic mass is 10.2. The van der Waals surface area contributed by atoms with Gasteiger partial charge in [-0.15, -0.1) is 0 Å². The van der Waals surface area contributed by atoms with Gasteiger partial charge in [-0.3, -0.25) is 4.79 Å². The predicted octanol–water partition coefficient (Wildman–Crippen LogP) is 0.0816. The number of sulfonamides is 2. The number of anilines is 1. The van der Waals surface area contributed by atoms with Crippen molar-refractivity contribution in [2.45, 2.75) is 23.6 Å². The van der Waals surface area contributed by atoms with Gasteiger partial charge in [0.15, 0.2) is 6.54 Å². The molecule has 1 amide bonds. The first-order valence-electron chi connectivity index (χ1n) is 10.6. The second-order valence-electron chi connectivity index (χ2n) is 8.46. The summed E-state index contributed by atoms with van der Waals surface area (Å²) in [5.41, 5.74) is 2.12. The molecule has 1 aliphatic rings. The molecule has 0 aromatic heterocycles. The Morgan fingerprint density at radius 3 is 2.18 bits per heavy atom. The van der Waals surface area contributed by atoms with Crippen LogP contribution in [0.25, 0.3) is 0 Å². The molecule has 2 aromatic carbocycles. The van der Waals surface area contributed by atoms with E-state index in [0.717, 1.165) is 20.3 Å². The predicted molar refractivity (Wildman–Crippen MR) is 126 cm³/mol. The van der Waals surface area contributed by atoms with E-state index in [1.165, 1.54) is 30.5 Å². The summed E-state index contributed by atoms with van der Waals surface area (Å²) in [6.45, 7) is 5.60. The van der Waals surface area contributed by atoms with Crippen LogP contribution < -0.4 is 10.2 Å². The molecular weight excluding hydrogens is 464 g/mol. The fourth-order valence-corrected chi connectivity index (χ4v) is 6.35. The number of quaternary nitrogens is 1. The van der Waals surface area contributed by atoms with Crippen LogP contribution in [0, 0.1) is 13.8 Å². The van der Waals surface area contributed by atoms with E-state index in [2.05, 4.69) is 5.32 Å². The molecule has 2 aromatic rings. The highest BCUT2D eigenvalue weighted by Gasteiger charge is 2.32. The number of piperazine rings is 1. The van der Waals surface area contributed by atoms with Crippen molar-refractivity contribution in [1.29, 1.82) is 0 Å². The van der Waals surface area contributed by atoms with Crippen molar-refractivity contribution in [3.63, 3.8) is 0 Å². The molecule has 0 atom stereocenters. The van der Waals surface area contributed by atoms with Crippen molar-refractivity contribution in [2.24, 2.45) is 0 Å². The van der Waals surface area contributed by atoms with Crippen LogP contribution in [0.3, 0.4) is 0 Å². The van der Waals surface area contributed by atoms with Crippen LogP contribution >= 0.6 is 0 Å². The Kier molecular flexibility index (Phi) is 7.59. The summed E-state index contributed by atoms with van der Waals surface area (Å²) < 4.78 is 53.0. The van der Waals surface area contributed by atoms with Crippen LogP contribution in [0.2, 0.25) is 0 Å². The molecule has 0 radical (unpaired) electrons. The highest BCUT2D eigenvalue weighted by molar-refractivity contribution is 7.89. The van der Waals surface area contributed by atoms with Crippen molar-refractivity contribution in [3.05, 3.63) is 53.6 Å². The maximum absolute atomic E-state index is 13.1. The summed E-state index contributed by atoms with van der Waals surface area (Å²) in [5, 5.41) is 2.78. The molecule has 1 fully saturated rings. The van der Waals surface area contributed by atoms with Gasteiger partial charge in [0.05, 0.1) is 36.0 Å². The van der Waals surface area contributed by atoms with E-state index in [-0.39, 0.29) is 17.3 Å². The quantitative estimate of drug-likeness (QED) is 0.566. The molecule has 0 bridgehead atoms. The first-order chi connectivity index (χ1) is 15.4. The lowest BCUT2D eigenvalue weighted by Gasteiger charge is -2.31. The maximum Gasteiger partial charge on any atom is 0.279 e. The highest BCUT2D eigenvalue weighted by atomic mass is 32.2. The molecule has 11 heteroatoms. The summed E-state index contributed by atoms with van der Waals surface area (Å²) in [6.07, 6.45) is 0. The number of carbonyl (C=O) groups is 1. The first-order valence-corrected chi connectivity index (χ1v) is 13.5. The van der Waals surface area contributed by atoms with Crippen molar-refractivity contribution in [3.8, 4) is 0 Å². The number of hydrogen-bond donors (Lipinski definition) is 2. The maximum atomic E-state index is 13.1. The largest absolute Gasteiger partial charge is 0.325 e. The van der Waals surface area contributed by atoms with Gasteiger partial charge in [-0.2, -0.15) is 4.31 Å². The Morgan fingerprint density at radius 1 is 1.00 bits per heavy atom. The van der Waals surface area contributed by atoms with Crippen molar-refractivity contribution in [1.82, 2.24) is 8.61 Å². The van der Waals surface area contributed by atoms with Crippen molar-refractivity contribution < 1.29 is 26.5 Å². The summed E-state index contributed by atoms with van der Waals surface area (Å²) >= 11 is 0. The molecule has 0 unspecified atom stereocenters. The second kappa shape index (κ2) is 9.90. The van der Waals surface area contributed by atoms with Gasteiger partial charge in [-0.25, -0.2) is 21.1 Å². The van der Waals surface area contributed by atoms with Gasteiger partial charge in [0.1, 0.15) is 0 Å². The lowest BCUT2D eigenvalue weighted by Crippen LogP contribution is -3.15. The third-order valence-electron chi connectivity index (χ3n) is 5.72. The van der Waals surface area contributed by atoms with Crippen LogP contribution in [0.4, 0.5) is 5.69 Å². The Morgan fingerprint density at radius 2 is 1.61 bits per heavy atom. The van der Waals surface area contributed by atoms with Gasteiger partial charge in [0, 0.05) is 19.8 Å². The van der Waals surface area contributed by atoms with E-state index >= 15 is 0 Å². The van der Waals surface area contributed by atoms with Gasteiger partial charge in [0.2, 0.25) is 20.0 Å². The van der Waals surface area contributed by atoms with Gasteiger partial charge in [-0.05, 0) is 55.3 Å². The average Bonchev–Trinajstić information content (AvgIpc) is 2.76. The monoisotopic (exact) mass is 495 g/mol. The number of benzene rings is 2. The molecule has 1 saturated heterocycles. The molecule has 1 heterocycles.